The topological polar surface area (TPSA) is 62.6 Å². The van der Waals surface area contributed by atoms with Crippen LogP contribution in [-0.4, -0.2) is 32.0 Å². The molecule has 2 amide bonds. The van der Waals surface area contributed by atoms with Crippen LogP contribution in [0.4, 0.5) is 11.4 Å². The quantitative estimate of drug-likeness (QED) is 0.624. The van der Waals surface area contributed by atoms with Crippen molar-refractivity contribution in [2.75, 3.05) is 30.8 Å². The maximum atomic E-state index is 12.3. The van der Waals surface area contributed by atoms with Crippen molar-refractivity contribution in [2.45, 2.75) is 39.5 Å². The van der Waals surface area contributed by atoms with Crippen LogP contribution < -0.4 is 15.5 Å². The first kappa shape index (κ1) is 21.6. The van der Waals surface area contributed by atoms with E-state index in [2.05, 4.69) is 43.5 Å². The Morgan fingerprint density at radius 1 is 0.929 bits per heavy atom. The molecule has 0 spiro atoms. The lowest BCUT2D eigenvalue weighted by atomic mass is 9.99. The van der Waals surface area contributed by atoms with Crippen molar-refractivity contribution in [3.63, 3.8) is 0 Å². The summed E-state index contributed by atoms with van der Waals surface area (Å²) >= 11 is 0. The lowest BCUT2D eigenvalue weighted by Gasteiger charge is -2.15. The van der Waals surface area contributed by atoms with E-state index >= 15 is 0 Å². The smallest absolute Gasteiger partial charge is 0.279 e. The van der Waals surface area contributed by atoms with E-state index in [1.54, 1.807) is 0 Å². The molecule has 150 valence electrons. The summed E-state index contributed by atoms with van der Waals surface area (Å²) < 4.78 is 0. The molecule has 0 fully saturated rings. The van der Waals surface area contributed by atoms with Crippen LogP contribution in [0.2, 0.25) is 0 Å². The highest BCUT2D eigenvalue weighted by Crippen LogP contribution is 2.20. The molecule has 1 unspecified atom stereocenters. The molecule has 5 nitrogen and oxygen atoms in total. The zero-order valence-corrected chi connectivity index (χ0v) is 17.3. The number of para-hydroxylation sites is 1. The van der Waals surface area contributed by atoms with Gasteiger partial charge in [-0.05, 0) is 48.1 Å². The molecule has 0 aliphatic rings. The third kappa shape index (κ3) is 6.50. The predicted octanol–water partition coefficient (Wildman–Crippen LogP) is 2.85. The summed E-state index contributed by atoms with van der Waals surface area (Å²) in [6, 6.07) is 15.8. The summed E-state index contributed by atoms with van der Waals surface area (Å²) in [4.78, 5) is 25.4. The molecule has 3 N–H and O–H groups in total. The molecule has 0 aliphatic heterocycles. The van der Waals surface area contributed by atoms with Gasteiger partial charge in [-0.2, -0.15) is 0 Å². The second kappa shape index (κ2) is 10.6. The van der Waals surface area contributed by atoms with Crippen molar-refractivity contribution < 1.29 is 14.5 Å². The Morgan fingerprint density at radius 3 is 2.14 bits per heavy atom. The SMILES string of the molecule is CCc1ccccc1NC(=O)C[NH+](C)CC(=O)Nc1ccc([C@H](C)CC)cc1. The minimum absolute atomic E-state index is 0.0934. The molecule has 2 aromatic rings. The molecule has 2 atom stereocenters. The number of quaternary nitrogens is 1. The van der Waals surface area contributed by atoms with E-state index in [0.29, 0.717) is 5.92 Å². The highest BCUT2D eigenvalue weighted by molar-refractivity contribution is 5.93. The van der Waals surface area contributed by atoms with Crippen molar-refractivity contribution in [3.8, 4) is 0 Å². The van der Waals surface area contributed by atoms with Gasteiger partial charge in [0.15, 0.2) is 13.1 Å². The number of amides is 2. The first-order valence-electron chi connectivity index (χ1n) is 10.0. The average molecular weight is 383 g/mol. The maximum absolute atomic E-state index is 12.3. The van der Waals surface area contributed by atoms with Crippen molar-refractivity contribution >= 4 is 23.2 Å². The normalized spacial score (nSPS) is 12.9. The molecule has 28 heavy (non-hydrogen) atoms. The first-order chi connectivity index (χ1) is 13.4. The van der Waals surface area contributed by atoms with Crippen LogP contribution in [0.25, 0.3) is 0 Å². The second-order valence-corrected chi connectivity index (χ2v) is 7.35. The summed E-state index contributed by atoms with van der Waals surface area (Å²) in [7, 11) is 1.84. The average Bonchev–Trinajstić information content (AvgIpc) is 2.68. The third-order valence-corrected chi connectivity index (χ3v) is 4.97. The number of likely N-dealkylation sites (N-methyl/N-ethyl adjacent to an activating group) is 1. The number of nitrogens with one attached hydrogen (secondary N) is 3. The highest BCUT2D eigenvalue weighted by atomic mass is 16.2. The number of anilines is 2. The molecular weight excluding hydrogens is 350 g/mol. The van der Waals surface area contributed by atoms with Crippen molar-refractivity contribution in [3.05, 3.63) is 59.7 Å². The lowest BCUT2D eigenvalue weighted by molar-refractivity contribution is -0.862. The van der Waals surface area contributed by atoms with Gasteiger partial charge in [0.25, 0.3) is 11.8 Å². The van der Waals surface area contributed by atoms with Crippen molar-refractivity contribution in [1.82, 2.24) is 0 Å². The van der Waals surface area contributed by atoms with Gasteiger partial charge in [0.2, 0.25) is 0 Å². The van der Waals surface area contributed by atoms with Crippen LogP contribution in [0.1, 0.15) is 44.2 Å². The molecule has 0 heterocycles. The van der Waals surface area contributed by atoms with Gasteiger partial charge < -0.3 is 15.5 Å². The van der Waals surface area contributed by atoms with Gasteiger partial charge in [-0.1, -0.05) is 51.1 Å². The molecule has 0 radical (unpaired) electrons. The molecule has 0 aliphatic carbocycles. The summed E-state index contributed by atoms with van der Waals surface area (Å²) in [5.41, 5.74) is 4.00. The van der Waals surface area contributed by atoms with Gasteiger partial charge in [0, 0.05) is 11.4 Å². The van der Waals surface area contributed by atoms with Gasteiger partial charge >= 0.3 is 0 Å². The largest absolute Gasteiger partial charge is 0.322 e. The number of hydrogen-bond acceptors (Lipinski definition) is 2. The summed E-state index contributed by atoms with van der Waals surface area (Å²) in [6.45, 7) is 6.88. The Hall–Kier alpha value is -2.66. The summed E-state index contributed by atoms with van der Waals surface area (Å²) in [5.74, 6) is 0.316. The van der Waals surface area contributed by atoms with Crippen LogP contribution >= 0.6 is 0 Å². The molecule has 5 heteroatoms. The number of carbonyl (C=O) groups is 2. The molecule has 0 bridgehead atoms. The minimum atomic E-state index is -0.101. The fourth-order valence-electron chi connectivity index (χ4n) is 3.09. The van der Waals surface area contributed by atoms with E-state index in [4.69, 9.17) is 0 Å². The summed E-state index contributed by atoms with van der Waals surface area (Å²) in [5, 5.41) is 5.85. The molecule has 0 saturated heterocycles. The Balaban J connectivity index is 1.82. The van der Waals surface area contributed by atoms with Crippen LogP contribution in [0.15, 0.2) is 48.5 Å². The number of rotatable bonds is 9. The van der Waals surface area contributed by atoms with Crippen LogP contribution in [0.5, 0.6) is 0 Å². The van der Waals surface area contributed by atoms with E-state index in [9.17, 15) is 9.59 Å². The number of benzene rings is 2. The molecule has 0 saturated carbocycles. The highest BCUT2D eigenvalue weighted by Gasteiger charge is 2.15. The fourth-order valence-corrected chi connectivity index (χ4v) is 3.09. The van der Waals surface area contributed by atoms with E-state index in [0.717, 1.165) is 34.7 Å². The van der Waals surface area contributed by atoms with Gasteiger partial charge in [-0.15, -0.1) is 0 Å². The van der Waals surface area contributed by atoms with E-state index < -0.39 is 0 Å². The maximum Gasteiger partial charge on any atom is 0.279 e. The zero-order valence-electron chi connectivity index (χ0n) is 17.3. The fraction of sp³-hybridized carbons (Fsp3) is 0.391. The molecule has 2 aromatic carbocycles. The Morgan fingerprint density at radius 2 is 1.54 bits per heavy atom. The van der Waals surface area contributed by atoms with Crippen LogP contribution in [-0.2, 0) is 16.0 Å². The standard InChI is InChI=1S/C23H31N3O2/c1-5-17(3)19-11-13-20(14-12-19)24-22(27)15-26(4)16-23(28)25-21-10-8-7-9-18(21)6-2/h7-14,17H,5-6,15-16H2,1-4H3,(H,24,27)(H,25,28)/p+1/t17-/m1/s1. The monoisotopic (exact) mass is 382 g/mol. The predicted molar refractivity (Wildman–Crippen MR) is 115 cm³/mol. The summed E-state index contributed by atoms with van der Waals surface area (Å²) in [6.07, 6.45) is 1.95. The molecule has 0 aromatic heterocycles. The molecular formula is C23H32N3O2+. The lowest BCUT2D eigenvalue weighted by Crippen LogP contribution is -3.11. The van der Waals surface area contributed by atoms with Crippen molar-refractivity contribution in [2.24, 2.45) is 0 Å². The van der Waals surface area contributed by atoms with Gasteiger partial charge in [-0.3, -0.25) is 9.59 Å². The number of hydrogen-bond donors (Lipinski definition) is 3. The van der Waals surface area contributed by atoms with Crippen LogP contribution in [0.3, 0.4) is 0 Å². The Labute approximate surface area is 168 Å². The Bertz CT molecular complexity index is 787. The van der Waals surface area contributed by atoms with Crippen molar-refractivity contribution in [1.29, 1.82) is 0 Å². The van der Waals surface area contributed by atoms with Gasteiger partial charge in [0.1, 0.15) is 0 Å². The molecule has 2 rings (SSSR count). The third-order valence-electron chi connectivity index (χ3n) is 4.97. The van der Waals surface area contributed by atoms with Gasteiger partial charge in [0.05, 0.1) is 7.05 Å². The minimum Gasteiger partial charge on any atom is -0.322 e. The number of carbonyl (C=O) groups excluding carboxylic acids is 2. The second-order valence-electron chi connectivity index (χ2n) is 7.35. The number of aryl methyl sites for hydroxylation is 1. The Kier molecular flexibility index (Phi) is 8.20. The first-order valence-corrected chi connectivity index (χ1v) is 10.0. The van der Waals surface area contributed by atoms with E-state index in [1.807, 2.05) is 43.4 Å². The zero-order chi connectivity index (χ0) is 20.5. The van der Waals surface area contributed by atoms with Gasteiger partial charge in [-0.25, -0.2) is 0 Å². The van der Waals surface area contributed by atoms with E-state index in [1.165, 1.54) is 5.56 Å². The van der Waals surface area contributed by atoms with Crippen LogP contribution in [0, 0.1) is 0 Å². The van der Waals surface area contributed by atoms with E-state index in [-0.39, 0.29) is 24.9 Å².